The molecule has 4 rings (SSSR count). The molecule has 0 atom stereocenters. The van der Waals surface area contributed by atoms with Crippen LogP contribution in [0.25, 0.3) is 15.9 Å². The Morgan fingerprint density at radius 2 is 1.96 bits per heavy atom. The molecule has 0 fully saturated rings. The van der Waals surface area contributed by atoms with Crippen LogP contribution in [0.4, 0.5) is 18.3 Å². The number of carbonyl (C=O) groups is 1. The number of nitrogens with zero attached hydrogens (tertiary/aromatic N) is 2. The predicted molar refractivity (Wildman–Crippen MR) is 97.9 cm³/mol. The van der Waals surface area contributed by atoms with Gasteiger partial charge in [0.05, 0.1) is 15.9 Å². The first-order valence-electron chi connectivity index (χ1n) is 7.57. The quantitative estimate of drug-likeness (QED) is 0.498. The van der Waals surface area contributed by atoms with E-state index in [1.807, 2.05) is 40.5 Å². The zero-order chi connectivity index (χ0) is 19.0. The first-order valence-corrected chi connectivity index (χ1v) is 9.27. The van der Waals surface area contributed by atoms with Crippen LogP contribution in [0.1, 0.15) is 9.67 Å². The van der Waals surface area contributed by atoms with E-state index in [1.54, 1.807) is 0 Å². The molecule has 0 aliphatic heterocycles. The van der Waals surface area contributed by atoms with Gasteiger partial charge in [-0.2, -0.15) is 0 Å². The molecule has 5 nitrogen and oxygen atoms in total. The van der Waals surface area contributed by atoms with Crippen LogP contribution in [-0.4, -0.2) is 21.8 Å². The molecule has 0 radical (unpaired) electrons. The third-order valence-corrected chi connectivity index (χ3v) is 5.38. The minimum absolute atomic E-state index is 0.297. The van der Waals surface area contributed by atoms with Crippen molar-refractivity contribution in [2.24, 2.45) is 0 Å². The lowest BCUT2D eigenvalue weighted by molar-refractivity contribution is -0.274. The molecular formula is C17H10F3N3O2S2. The Morgan fingerprint density at radius 1 is 1.19 bits per heavy atom. The van der Waals surface area contributed by atoms with Gasteiger partial charge in [-0.15, -0.1) is 24.5 Å². The van der Waals surface area contributed by atoms with Crippen LogP contribution in [0.5, 0.6) is 5.75 Å². The maximum atomic E-state index is 12.6. The standard InChI is InChI=1S/C17H10F3N3O2S2/c18-17(19,20)25-10-3-4-11-13(9-10)27-16(21-11)22-15(24)14-12(5-8-26-14)23-6-1-2-7-23/h1-9H,(H,21,22,24). The molecule has 1 aromatic carbocycles. The van der Waals surface area contributed by atoms with Gasteiger partial charge in [0.2, 0.25) is 0 Å². The van der Waals surface area contributed by atoms with Crippen LogP contribution >= 0.6 is 22.7 Å². The number of anilines is 1. The van der Waals surface area contributed by atoms with Crippen molar-refractivity contribution in [3.63, 3.8) is 0 Å². The molecule has 4 aromatic rings. The molecule has 0 aliphatic carbocycles. The monoisotopic (exact) mass is 409 g/mol. The molecule has 1 N–H and O–H groups in total. The highest BCUT2D eigenvalue weighted by Crippen LogP contribution is 2.32. The van der Waals surface area contributed by atoms with E-state index in [4.69, 9.17) is 0 Å². The van der Waals surface area contributed by atoms with Gasteiger partial charge in [-0.1, -0.05) is 11.3 Å². The van der Waals surface area contributed by atoms with E-state index in [0.29, 0.717) is 20.2 Å². The van der Waals surface area contributed by atoms with Gasteiger partial charge in [-0.05, 0) is 35.7 Å². The number of halogens is 3. The second kappa shape index (κ2) is 6.71. The van der Waals surface area contributed by atoms with Crippen LogP contribution in [0.15, 0.2) is 54.2 Å². The van der Waals surface area contributed by atoms with Gasteiger partial charge in [-0.25, -0.2) is 4.98 Å². The van der Waals surface area contributed by atoms with Crippen molar-refractivity contribution in [1.29, 1.82) is 0 Å². The molecular weight excluding hydrogens is 399 g/mol. The van der Waals surface area contributed by atoms with Crippen molar-refractivity contribution in [3.05, 3.63) is 59.0 Å². The van der Waals surface area contributed by atoms with Gasteiger partial charge < -0.3 is 9.30 Å². The highest BCUT2D eigenvalue weighted by molar-refractivity contribution is 7.22. The number of nitrogens with one attached hydrogen (secondary N) is 1. The third-order valence-electron chi connectivity index (χ3n) is 3.55. The normalized spacial score (nSPS) is 11.7. The molecule has 0 bridgehead atoms. The fraction of sp³-hybridized carbons (Fsp3) is 0.0588. The lowest BCUT2D eigenvalue weighted by atomic mass is 10.3. The summed E-state index contributed by atoms with van der Waals surface area (Å²) in [5, 5.41) is 4.81. The maximum absolute atomic E-state index is 12.6. The van der Waals surface area contributed by atoms with E-state index in [9.17, 15) is 18.0 Å². The second-order valence-corrected chi connectivity index (χ2v) is 7.32. The zero-order valence-corrected chi connectivity index (χ0v) is 15.0. The van der Waals surface area contributed by atoms with Crippen molar-refractivity contribution >= 4 is 43.9 Å². The van der Waals surface area contributed by atoms with Crippen molar-refractivity contribution in [2.45, 2.75) is 6.36 Å². The van der Waals surface area contributed by atoms with Gasteiger partial charge in [0, 0.05) is 18.5 Å². The Balaban J connectivity index is 1.57. The number of fused-ring (bicyclic) bond motifs is 1. The Labute approximate surface area is 158 Å². The molecule has 3 aromatic heterocycles. The lowest BCUT2D eigenvalue weighted by Crippen LogP contribution is -2.16. The molecule has 1 amide bonds. The SMILES string of the molecule is O=C(Nc1nc2ccc(OC(F)(F)F)cc2s1)c1sccc1-n1cccc1. The molecule has 3 heterocycles. The molecule has 0 saturated heterocycles. The molecule has 138 valence electrons. The number of thiazole rings is 1. The number of thiophene rings is 1. The molecule has 0 unspecified atom stereocenters. The molecule has 10 heteroatoms. The van der Waals surface area contributed by atoms with Crippen molar-refractivity contribution in [1.82, 2.24) is 9.55 Å². The first kappa shape index (κ1) is 17.6. The molecule has 27 heavy (non-hydrogen) atoms. The Bertz CT molecular complexity index is 1100. The lowest BCUT2D eigenvalue weighted by Gasteiger charge is -2.07. The number of alkyl halides is 3. The summed E-state index contributed by atoms with van der Waals surface area (Å²) in [6, 6.07) is 9.38. The summed E-state index contributed by atoms with van der Waals surface area (Å²) in [5.41, 5.74) is 1.21. The summed E-state index contributed by atoms with van der Waals surface area (Å²) in [6.07, 6.45) is -1.10. The summed E-state index contributed by atoms with van der Waals surface area (Å²) in [7, 11) is 0. The van der Waals surface area contributed by atoms with Gasteiger partial charge >= 0.3 is 6.36 Å². The van der Waals surface area contributed by atoms with Gasteiger partial charge in [0.15, 0.2) is 5.13 Å². The number of hydrogen-bond donors (Lipinski definition) is 1. The zero-order valence-electron chi connectivity index (χ0n) is 13.4. The van der Waals surface area contributed by atoms with E-state index >= 15 is 0 Å². The van der Waals surface area contributed by atoms with Crippen LogP contribution in [-0.2, 0) is 0 Å². The van der Waals surface area contributed by atoms with Crippen molar-refractivity contribution in [2.75, 3.05) is 5.32 Å². The predicted octanol–water partition coefficient (Wildman–Crippen LogP) is 5.30. The minimum atomic E-state index is -4.76. The number of rotatable bonds is 4. The first-order chi connectivity index (χ1) is 12.9. The smallest absolute Gasteiger partial charge is 0.406 e. The largest absolute Gasteiger partial charge is 0.573 e. The number of hydrogen-bond acceptors (Lipinski definition) is 5. The summed E-state index contributed by atoms with van der Waals surface area (Å²) in [5.74, 6) is -0.663. The number of amides is 1. The number of benzene rings is 1. The fourth-order valence-corrected chi connectivity index (χ4v) is 4.15. The highest BCUT2D eigenvalue weighted by atomic mass is 32.1. The molecule has 0 spiro atoms. The molecule has 0 saturated carbocycles. The van der Waals surface area contributed by atoms with Crippen LogP contribution in [0.2, 0.25) is 0 Å². The Kier molecular flexibility index (Phi) is 4.36. The average molecular weight is 409 g/mol. The maximum Gasteiger partial charge on any atom is 0.573 e. The minimum Gasteiger partial charge on any atom is -0.406 e. The Morgan fingerprint density at radius 3 is 2.70 bits per heavy atom. The summed E-state index contributed by atoms with van der Waals surface area (Å²) >= 11 is 2.36. The van der Waals surface area contributed by atoms with E-state index in [0.717, 1.165) is 17.0 Å². The third kappa shape index (κ3) is 3.81. The highest BCUT2D eigenvalue weighted by Gasteiger charge is 2.31. The summed E-state index contributed by atoms with van der Waals surface area (Å²) in [4.78, 5) is 17.3. The van der Waals surface area contributed by atoms with Gasteiger partial charge in [0.25, 0.3) is 5.91 Å². The van der Waals surface area contributed by atoms with Crippen molar-refractivity contribution < 1.29 is 22.7 Å². The topological polar surface area (TPSA) is 56.1 Å². The van der Waals surface area contributed by atoms with Crippen LogP contribution in [0.3, 0.4) is 0 Å². The second-order valence-electron chi connectivity index (χ2n) is 5.38. The van der Waals surface area contributed by atoms with Gasteiger partial charge in [-0.3, -0.25) is 10.1 Å². The van der Waals surface area contributed by atoms with E-state index in [2.05, 4.69) is 15.0 Å². The van der Waals surface area contributed by atoms with Crippen LogP contribution in [0, 0.1) is 0 Å². The van der Waals surface area contributed by atoms with Gasteiger partial charge in [0.1, 0.15) is 10.6 Å². The number of aromatic nitrogens is 2. The van der Waals surface area contributed by atoms with Crippen LogP contribution < -0.4 is 10.1 Å². The fourth-order valence-electron chi connectivity index (χ4n) is 2.48. The van der Waals surface area contributed by atoms with E-state index in [-0.39, 0.29) is 11.7 Å². The van der Waals surface area contributed by atoms with E-state index in [1.165, 1.54) is 29.5 Å². The molecule has 0 aliphatic rings. The summed E-state index contributed by atoms with van der Waals surface area (Å²) < 4.78 is 43.2. The van der Waals surface area contributed by atoms with E-state index < -0.39 is 6.36 Å². The Hall–Kier alpha value is -2.85. The average Bonchev–Trinajstić information content (AvgIpc) is 3.32. The summed E-state index contributed by atoms with van der Waals surface area (Å²) in [6.45, 7) is 0. The van der Waals surface area contributed by atoms with Crippen molar-refractivity contribution in [3.8, 4) is 11.4 Å². The number of ether oxygens (including phenoxy) is 1. The number of carbonyl (C=O) groups excluding carboxylic acids is 1.